The molecule has 0 radical (unpaired) electrons. The number of ether oxygens (including phenoxy) is 1. The molecule has 0 bridgehead atoms. The lowest BCUT2D eigenvalue weighted by Crippen LogP contribution is -2.50. The summed E-state index contributed by atoms with van der Waals surface area (Å²) in [5.41, 5.74) is 4.29. The van der Waals surface area contributed by atoms with E-state index in [0.717, 1.165) is 48.0 Å². The summed E-state index contributed by atoms with van der Waals surface area (Å²) in [4.78, 5) is 25.4. The number of allylic oxidation sites excluding steroid dienone is 2. The zero-order valence-electron chi connectivity index (χ0n) is 30.8. The van der Waals surface area contributed by atoms with E-state index in [-0.39, 0.29) is 6.09 Å². The van der Waals surface area contributed by atoms with Crippen molar-refractivity contribution in [3.63, 3.8) is 0 Å². The summed E-state index contributed by atoms with van der Waals surface area (Å²) in [5.74, 6) is 1.42. The van der Waals surface area contributed by atoms with E-state index >= 15 is 0 Å². The van der Waals surface area contributed by atoms with Crippen LogP contribution in [-0.4, -0.2) is 52.7 Å². The molecule has 7 heteroatoms. The van der Waals surface area contributed by atoms with Gasteiger partial charge in [0, 0.05) is 36.8 Å². The largest absolute Gasteiger partial charge is 0.444 e. The lowest BCUT2D eigenvalue weighted by Gasteiger charge is -2.37. The van der Waals surface area contributed by atoms with E-state index in [2.05, 4.69) is 68.6 Å². The summed E-state index contributed by atoms with van der Waals surface area (Å²) >= 11 is 5.78. The second-order valence-electron chi connectivity index (χ2n) is 12.3. The highest BCUT2D eigenvalue weighted by Gasteiger charge is 2.28. The molecule has 0 saturated carbocycles. The Balaban J connectivity index is 0.000000877. The maximum absolute atomic E-state index is 12.3. The summed E-state index contributed by atoms with van der Waals surface area (Å²) in [6.07, 6.45) is 12.5. The molecule has 2 aromatic rings. The smallest absolute Gasteiger partial charge is 0.410 e. The van der Waals surface area contributed by atoms with E-state index in [0.29, 0.717) is 19.0 Å². The number of carbonyl (C=O) groups is 1. The number of piperazine rings is 1. The molecule has 3 rings (SSSR count). The SMILES string of the molecule is C/C=C(\c1c(C)ncnc1N1CCN(C(=O)OC(C)(C)C)CC1)C(C)CC.CC.CCCCCC.CCCc1cccc(Cl)c1. The summed E-state index contributed by atoms with van der Waals surface area (Å²) in [6, 6.07) is 8.02. The number of benzene rings is 1. The number of halogens is 1. The monoisotopic (exact) mass is 644 g/mol. The van der Waals surface area contributed by atoms with Gasteiger partial charge in [-0.2, -0.15) is 0 Å². The van der Waals surface area contributed by atoms with Crippen molar-refractivity contribution in [2.75, 3.05) is 31.1 Å². The highest BCUT2D eigenvalue weighted by atomic mass is 35.5. The van der Waals surface area contributed by atoms with Gasteiger partial charge in [-0.1, -0.05) is 110 Å². The van der Waals surface area contributed by atoms with Crippen LogP contribution in [0.15, 0.2) is 36.7 Å². The van der Waals surface area contributed by atoms with Crippen LogP contribution >= 0.6 is 11.6 Å². The van der Waals surface area contributed by atoms with Gasteiger partial charge in [-0.3, -0.25) is 0 Å². The molecule has 0 N–H and O–H groups in total. The number of rotatable bonds is 9. The normalized spacial score (nSPS) is 13.8. The Kier molecular flexibility index (Phi) is 22.3. The molecule has 1 aliphatic rings. The lowest BCUT2D eigenvalue weighted by atomic mass is 9.90. The van der Waals surface area contributed by atoms with Crippen LogP contribution in [0, 0.1) is 12.8 Å². The Bertz CT molecular complexity index is 1100. The fraction of sp³-hybridized carbons (Fsp3) is 0.658. The Morgan fingerprint density at radius 1 is 1.00 bits per heavy atom. The molecule has 1 saturated heterocycles. The van der Waals surface area contributed by atoms with Crippen molar-refractivity contribution in [3.05, 3.63) is 58.5 Å². The second-order valence-corrected chi connectivity index (χ2v) is 12.7. The van der Waals surface area contributed by atoms with E-state index in [1.807, 2.05) is 59.7 Å². The van der Waals surface area contributed by atoms with Gasteiger partial charge in [0.05, 0.1) is 5.69 Å². The standard InChI is InChI=1S/C21H34N4O2.C9H11Cl.C6H14.C2H6/c1-8-15(3)17(9-2)18-16(4)22-14-23-19(18)24-10-12-25(13-11-24)20(26)27-21(5,6)7;1-2-4-8-5-3-6-9(10)7-8;1-3-5-6-4-2;1-2/h9,14-15H,8,10-13H2,1-7H3;3,5-7H,2,4H2,1H3;3-6H2,1-2H3;1-2H3/b17-9-;;;. The van der Waals surface area contributed by atoms with Crippen LogP contribution in [0.3, 0.4) is 0 Å². The quantitative estimate of drug-likeness (QED) is 0.254. The highest BCUT2D eigenvalue weighted by Crippen LogP contribution is 2.34. The van der Waals surface area contributed by atoms with E-state index in [1.54, 1.807) is 11.2 Å². The first-order valence-corrected chi connectivity index (χ1v) is 17.7. The van der Waals surface area contributed by atoms with Crippen molar-refractivity contribution in [3.8, 4) is 0 Å². The molecule has 1 atom stereocenters. The van der Waals surface area contributed by atoms with Crippen LogP contribution in [0.4, 0.5) is 10.6 Å². The van der Waals surface area contributed by atoms with Crippen LogP contribution in [0.2, 0.25) is 5.02 Å². The van der Waals surface area contributed by atoms with Crippen LogP contribution in [-0.2, 0) is 11.2 Å². The van der Waals surface area contributed by atoms with Gasteiger partial charge in [0.15, 0.2) is 0 Å². The second kappa shape index (κ2) is 23.7. The molecule has 1 unspecified atom stereocenters. The lowest BCUT2D eigenvalue weighted by molar-refractivity contribution is 0.0240. The topological polar surface area (TPSA) is 58.6 Å². The van der Waals surface area contributed by atoms with Crippen molar-refractivity contribution in [2.24, 2.45) is 5.92 Å². The molecule has 0 aliphatic carbocycles. The first-order valence-electron chi connectivity index (χ1n) is 17.4. The van der Waals surface area contributed by atoms with Crippen LogP contribution in [0.5, 0.6) is 0 Å². The van der Waals surface area contributed by atoms with Gasteiger partial charge in [-0.25, -0.2) is 14.8 Å². The highest BCUT2D eigenvalue weighted by molar-refractivity contribution is 6.30. The van der Waals surface area contributed by atoms with Crippen LogP contribution in [0.1, 0.15) is 132 Å². The van der Waals surface area contributed by atoms with E-state index in [1.165, 1.54) is 43.2 Å². The fourth-order valence-corrected chi connectivity index (χ4v) is 5.06. The third-order valence-corrected chi connectivity index (χ3v) is 7.61. The number of carbonyl (C=O) groups excluding carboxylic acids is 1. The minimum Gasteiger partial charge on any atom is -0.444 e. The molecule has 45 heavy (non-hydrogen) atoms. The number of unbranched alkanes of at least 4 members (excludes halogenated alkanes) is 3. The Labute approximate surface area is 282 Å². The van der Waals surface area contributed by atoms with E-state index in [4.69, 9.17) is 16.3 Å². The summed E-state index contributed by atoms with van der Waals surface area (Å²) in [7, 11) is 0. The third-order valence-electron chi connectivity index (χ3n) is 7.38. The van der Waals surface area contributed by atoms with Gasteiger partial charge < -0.3 is 14.5 Å². The van der Waals surface area contributed by atoms with E-state index < -0.39 is 5.60 Å². The number of hydrogen-bond acceptors (Lipinski definition) is 5. The summed E-state index contributed by atoms with van der Waals surface area (Å²) in [5, 5.41) is 0.839. The van der Waals surface area contributed by atoms with Gasteiger partial charge in [0.1, 0.15) is 17.7 Å². The van der Waals surface area contributed by atoms with Crippen molar-refractivity contribution >= 4 is 29.1 Å². The Morgan fingerprint density at radius 2 is 1.60 bits per heavy atom. The van der Waals surface area contributed by atoms with Crippen molar-refractivity contribution in [1.29, 1.82) is 0 Å². The molecule has 2 heterocycles. The average molecular weight is 645 g/mol. The van der Waals surface area contributed by atoms with Crippen molar-refractivity contribution in [1.82, 2.24) is 14.9 Å². The summed E-state index contributed by atoms with van der Waals surface area (Å²) in [6.45, 7) is 27.6. The fourth-order valence-electron chi connectivity index (χ4n) is 4.84. The molecular weight excluding hydrogens is 580 g/mol. The number of anilines is 1. The van der Waals surface area contributed by atoms with Gasteiger partial charge >= 0.3 is 6.09 Å². The molecule has 1 aromatic heterocycles. The number of aromatic nitrogens is 2. The predicted octanol–water partition coefficient (Wildman–Crippen LogP) is 11.2. The molecule has 0 spiro atoms. The van der Waals surface area contributed by atoms with Crippen LogP contribution < -0.4 is 4.90 Å². The molecule has 1 fully saturated rings. The van der Waals surface area contributed by atoms with Gasteiger partial charge in [-0.15, -0.1) is 0 Å². The van der Waals surface area contributed by atoms with Crippen molar-refractivity contribution in [2.45, 2.75) is 134 Å². The molecule has 1 amide bonds. The molecule has 1 aromatic carbocycles. The number of nitrogens with zero attached hydrogens (tertiary/aromatic N) is 4. The minimum atomic E-state index is -0.470. The maximum Gasteiger partial charge on any atom is 0.410 e. The van der Waals surface area contributed by atoms with Gasteiger partial charge in [0.25, 0.3) is 0 Å². The Hall–Kier alpha value is -2.60. The predicted molar refractivity (Wildman–Crippen MR) is 197 cm³/mol. The molecular formula is C38H65ClN4O2. The molecule has 256 valence electrons. The minimum absolute atomic E-state index is 0.241. The zero-order valence-corrected chi connectivity index (χ0v) is 31.6. The van der Waals surface area contributed by atoms with Gasteiger partial charge in [-0.05, 0) is 76.6 Å². The number of aryl methyl sites for hydroxylation is 2. The Morgan fingerprint density at radius 3 is 2.07 bits per heavy atom. The zero-order chi connectivity index (χ0) is 34.4. The third kappa shape index (κ3) is 16.5. The maximum atomic E-state index is 12.3. The summed E-state index contributed by atoms with van der Waals surface area (Å²) < 4.78 is 5.50. The average Bonchev–Trinajstić information content (AvgIpc) is 3.02. The van der Waals surface area contributed by atoms with Crippen LogP contribution in [0.25, 0.3) is 5.57 Å². The number of amides is 1. The van der Waals surface area contributed by atoms with Gasteiger partial charge in [0.2, 0.25) is 0 Å². The first kappa shape index (κ1) is 42.4. The van der Waals surface area contributed by atoms with E-state index in [9.17, 15) is 4.79 Å². The van der Waals surface area contributed by atoms with Crippen molar-refractivity contribution < 1.29 is 9.53 Å². The first-order chi connectivity index (χ1) is 21.4. The molecule has 6 nitrogen and oxygen atoms in total. The molecule has 1 aliphatic heterocycles. The number of hydrogen-bond donors (Lipinski definition) is 0.